The van der Waals surface area contributed by atoms with Crippen molar-refractivity contribution in [2.45, 2.75) is 65.3 Å². The molecule has 0 radical (unpaired) electrons. The van der Waals surface area contributed by atoms with Crippen LogP contribution in [-0.2, 0) is 19.4 Å². The molecule has 2 N–H and O–H groups in total. The summed E-state index contributed by atoms with van der Waals surface area (Å²) in [5.41, 5.74) is 10.7. The lowest BCUT2D eigenvalue weighted by Gasteiger charge is -2.17. The summed E-state index contributed by atoms with van der Waals surface area (Å²) in [6.07, 6.45) is 14.6. The third-order valence-electron chi connectivity index (χ3n) is 4.14. The maximum absolute atomic E-state index is 9.32. The number of aromatic nitrogens is 1. The molecule has 1 aromatic rings. The molecule has 0 amide bonds. The Morgan fingerprint density at radius 1 is 1.23 bits per heavy atom. The van der Waals surface area contributed by atoms with Crippen molar-refractivity contribution >= 4 is 5.82 Å². The Balaban J connectivity index is 0.000000545. The van der Waals surface area contributed by atoms with Gasteiger partial charge in [0.05, 0.1) is 5.56 Å². The van der Waals surface area contributed by atoms with Gasteiger partial charge in [0.2, 0.25) is 0 Å². The zero-order valence-corrected chi connectivity index (χ0v) is 13.9. The van der Waals surface area contributed by atoms with Crippen LogP contribution in [0, 0.1) is 11.3 Å². The Bertz CT molecular complexity index is 612. The van der Waals surface area contributed by atoms with E-state index in [2.05, 4.69) is 42.7 Å². The van der Waals surface area contributed by atoms with E-state index in [0.29, 0.717) is 5.82 Å². The minimum Gasteiger partial charge on any atom is -0.384 e. The van der Waals surface area contributed by atoms with Crippen molar-refractivity contribution < 1.29 is 0 Å². The number of allylic oxidation sites excluding steroid dienone is 4. The van der Waals surface area contributed by atoms with Crippen LogP contribution in [0.5, 0.6) is 0 Å². The summed E-state index contributed by atoms with van der Waals surface area (Å²) < 4.78 is 2.16. The first kappa shape index (κ1) is 16.4. The van der Waals surface area contributed by atoms with Gasteiger partial charge in [0.15, 0.2) is 0 Å². The first-order chi connectivity index (χ1) is 10.7. The average molecular weight is 297 g/mol. The second-order valence-electron chi connectivity index (χ2n) is 6.06. The third kappa shape index (κ3) is 3.44. The van der Waals surface area contributed by atoms with Crippen LogP contribution in [0.4, 0.5) is 5.82 Å². The number of fused-ring (bicyclic) bond motifs is 1. The quantitative estimate of drug-likeness (QED) is 0.873. The highest BCUT2D eigenvalue weighted by molar-refractivity contribution is 5.59. The molecule has 0 atom stereocenters. The molecule has 0 aliphatic heterocycles. The second kappa shape index (κ2) is 7.89. The SMILES string of the molecule is CCC.N#Cc1c2c(n(CC3=CCCC=C3)c1N)CCCC2. The van der Waals surface area contributed by atoms with Crippen molar-refractivity contribution in [3.63, 3.8) is 0 Å². The number of anilines is 1. The molecule has 0 unspecified atom stereocenters. The molecule has 1 heterocycles. The molecular weight excluding hydrogens is 270 g/mol. The minimum atomic E-state index is 0.661. The molecule has 0 spiro atoms. The monoisotopic (exact) mass is 297 g/mol. The van der Waals surface area contributed by atoms with Crippen LogP contribution in [-0.4, -0.2) is 4.57 Å². The number of rotatable bonds is 2. The predicted molar refractivity (Wildman–Crippen MR) is 92.6 cm³/mol. The van der Waals surface area contributed by atoms with E-state index in [0.717, 1.165) is 37.8 Å². The lowest BCUT2D eigenvalue weighted by atomic mass is 9.95. The van der Waals surface area contributed by atoms with Crippen molar-refractivity contribution in [1.29, 1.82) is 5.26 Å². The normalized spacial score (nSPS) is 16.1. The van der Waals surface area contributed by atoms with Gasteiger partial charge in [-0.15, -0.1) is 0 Å². The van der Waals surface area contributed by atoms with Gasteiger partial charge in [-0.3, -0.25) is 0 Å². The molecule has 3 rings (SSSR count). The van der Waals surface area contributed by atoms with Gasteiger partial charge in [-0.25, -0.2) is 0 Å². The predicted octanol–water partition coefficient (Wildman–Crippen LogP) is 4.51. The fourth-order valence-electron chi connectivity index (χ4n) is 3.16. The molecule has 0 fully saturated rings. The Hall–Kier alpha value is -1.95. The number of nitrogens with zero attached hydrogens (tertiary/aromatic N) is 2. The first-order valence-corrected chi connectivity index (χ1v) is 8.48. The maximum Gasteiger partial charge on any atom is 0.122 e. The highest BCUT2D eigenvalue weighted by Gasteiger charge is 2.23. The van der Waals surface area contributed by atoms with Crippen LogP contribution >= 0.6 is 0 Å². The van der Waals surface area contributed by atoms with Crippen molar-refractivity contribution in [2.24, 2.45) is 0 Å². The fourth-order valence-corrected chi connectivity index (χ4v) is 3.16. The van der Waals surface area contributed by atoms with E-state index >= 15 is 0 Å². The van der Waals surface area contributed by atoms with Crippen LogP contribution in [0.3, 0.4) is 0 Å². The molecule has 22 heavy (non-hydrogen) atoms. The lowest BCUT2D eigenvalue weighted by Crippen LogP contribution is -2.11. The van der Waals surface area contributed by atoms with E-state index < -0.39 is 0 Å². The number of nitriles is 1. The van der Waals surface area contributed by atoms with Crippen LogP contribution in [0.25, 0.3) is 0 Å². The van der Waals surface area contributed by atoms with Gasteiger partial charge >= 0.3 is 0 Å². The fraction of sp³-hybridized carbons (Fsp3) is 0.526. The summed E-state index contributed by atoms with van der Waals surface area (Å²) in [7, 11) is 0. The van der Waals surface area contributed by atoms with Crippen LogP contribution < -0.4 is 5.73 Å². The van der Waals surface area contributed by atoms with E-state index in [4.69, 9.17) is 5.73 Å². The van der Waals surface area contributed by atoms with Gasteiger partial charge in [0, 0.05) is 12.2 Å². The molecule has 1 aromatic heterocycles. The van der Waals surface area contributed by atoms with Crippen molar-refractivity contribution in [3.05, 3.63) is 40.6 Å². The number of hydrogen-bond donors (Lipinski definition) is 1. The van der Waals surface area contributed by atoms with Gasteiger partial charge in [0.25, 0.3) is 0 Å². The maximum atomic E-state index is 9.32. The minimum absolute atomic E-state index is 0.661. The lowest BCUT2D eigenvalue weighted by molar-refractivity contribution is 0.632. The van der Waals surface area contributed by atoms with Crippen molar-refractivity contribution in [3.8, 4) is 6.07 Å². The number of hydrogen-bond acceptors (Lipinski definition) is 2. The van der Waals surface area contributed by atoms with E-state index in [1.165, 1.54) is 36.1 Å². The van der Waals surface area contributed by atoms with Gasteiger partial charge in [-0.05, 0) is 49.7 Å². The van der Waals surface area contributed by atoms with E-state index in [-0.39, 0.29) is 0 Å². The third-order valence-corrected chi connectivity index (χ3v) is 4.14. The van der Waals surface area contributed by atoms with Crippen molar-refractivity contribution in [1.82, 2.24) is 4.57 Å². The molecule has 0 bridgehead atoms. The van der Waals surface area contributed by atoms with Gasteiger partial charge in [-0.1, -0.05) is 38.5 Å². The Morgan fingerprint density at radius 2 is 1.95 bits per heavy atom. The average Bonchev–Trinajstić information content (AvgIpc) is 2.81. The summed E-state index contributed by atoms with van der Waals surface area (Å²) in [4.78, 5) is 0. The molecule has 118 valence electrons. The van der Waals surface area contributed by atoms with Crippen LogP contribution in [0.2, 0.25) is 0 Å². The highest BCUT2D eigenvalue weighted by Crippen LogP contribution is 2.32. The van der Waals surface area contributed by atoms with Crippen LogP contribution in [0.15, 0.2) is 23.8 Å². The summed E-state index contributed by atoms with van der Waals surface area (Å²) in [6, 6.07) is 2.30. The summed E-state index contributed by atoms with van der Waals surface area (Å²) in [6.45, 7) is 5.06. The van der Waals surface area contributed by atoms with Gasteiger partial charge < -0.3 is 10.3 Å². The highest BCUT2D eigenvalue weighted by atomic mass is 15.1. The molecule has 2 aliphatic carbocycles. The van der Waals surface area contributed by atoms with Crippen LogP contribution in [0.1, 0.15) is 62.8 Å². The second-order valence-corrected chi connectivity index (χ2v) is 6.06. The van der Waals surface area contributed by atoms with E-state index in [9.17, 15) is 5.26 Å². The smallest absolute Gasteiger partial charge is 0.122 e. The van der Waals surface area contributed by atoms with Gasteiger partial charge in [0.1, 0.15) is 11.9 Å². The summed E-state index contributed by atoms with van der Waals surface area (Å²) >= 11 is 0. The Morgan fingerprint density at radius 3 is 2.59 bits per heavy atom. The summed E-state index contributed by atoms with van der Waals surface area (Å²) in [5.74, 6) is 0.661. The molecule has 0 aromatic carbocycles. The molecule has 3 nitrogen and oxygen atoms in total. The van der Waals surface area contributed by atoms with E-state index in [1.807, 2.05) is 0 Å². The molecule has 0 saturated heterocycles. The first-order valence-electron chi connectivity index (χ1n) is 8.48. The largest absolute Gasteiger partial charge is 0.384 e. The molecule has 0 saturated carbocycles. The Kier molecular flexibility index (Phi) is 5.89. The zero-order chi connectivity index (χ0) is 15.9. The zero-order valence-electron chi connectivity index (χ0n) is 13.9. The summed E-state index contributed by atoms with van der Waals surface area (Å²) in [5, 5.41) is 9.32. The standard InChI is InChI=1S/C16H19N3.C3H8/c17-10-14-13-8-4-5-9-15(13)19(16(14)18)11-12-6-2-1-3-7-12;1-3-2/h2,6-7H,1,3-5,8-9,11,18H2;3H2,1-2H3. The Labute approximate surface area is 134 Å². The molecule has 2 aliphatic rings. The number of nitrogen functional groups attached to an aromatic ring is 1. The number of nitrogens with two attached hydrogens (primary N) is 1. The molecular formula is C19H27N3. The van der Waals surface area contributed by atoms with Gasteiger partial charge in [-0.2, -0.15) is 5.26 Å². The van der Waals surface area contributed by atoms with E-state index in [1.54, 1.807) is 0 Å². The topological polar surface area (TPSA) is 54.7 Å². The van der Waals surface area contributed by atoms with Crippen molar-refractivity contribution in [2.75, 3.05) is 5.73 Å². The molecule has 3 heteroatoms.